The van der Waals surface area contributed by atoms with Crippen molar-refractivity contribution in [1.29, 1.82) is 0 Å². The van der Waals surface area contributed by atoms with Crippen molar-refractivity contribution in [3.63, 3.8) is 0 Å². The van der Waals surface area contributed by atoms with Crippen molar-refractivity contribution in [1.82, 2.24) is 9.78 Å². The number of ether oxygens (including phenoxy) is 1. The molecule has 28 heavy (non-hydrogen) atoms. The van der Waals surface area contributed by atoms with Gasteiger partial charge in [-0.05, 0) is 17.2 Å². The number of rotatable bonds is 4. The first kappa shape index (κ1) is 17.9. The highest BCUT2D eigenvalue weighted by molar-refractivity contribution is 5.80. The highest BCUT2D eigenvalue weighted by Crippen LogP contribution is 2.38. The molecular formula is C22H21N3O3. The average molecular weight is 375 g/mol. The highest BCUT2D eigenvalue weighted by Gasteiger charge is 2.36. The lowest BCUT2D eigenvalue weighted by molar-refractivity contribution is -0.145. The predicted molar refractivity (Wildman–Crippen MR) is 107 cm³/mol. The molecular weight excluding hydrogens is 354 g/mol. The zero-order valence-corrected chi connectivity index (χ0v) is 15.5. The van der Waals surface area contributed by atoms with E-state index in [4.69, 9.17) is 4.74 Å². The van der Waals surface area contributed by atoms with Gasteiger partial charge in [-0.1, -0.05) is 60.7 Å². The lowest BCUT2D eigenvalue weighted by Crippen LogP contribution is -2.40. The van der Waals surface area contributed by atoms with E-state index in [9.17, 15) is 9.90 Å². The van der Waals surface area contributed by atoms with Crippen LogP contribution in [0.15, 0.2) is 72.9 Å². The van der Waals surface area contributed by atoms with E-state index in [-0.39, 0.29) is 11.8 Å². The van der Waals surface area contributed by atoms with E-state index < -0.39 is 12.1 Å². The smallest absolute Gasteiger partial charge is 0.316 e. The second-order valence-electron chi connectivity index (χ2n) is 6.65. The van der Waals surface area contributed by atoms with Crippen molar-refractivity contribution in [3.8, 4) is 5.88 Å². The van der Waals surface area contributed by atoms with Crippen LogP contribution in [0.3, 0.4) is 0 Å². The third-order valence-corrected chi connectivity index (χ3v) is 4.90. The molecule has 0 amide bonds. The van der Waals surface area contributed by atoms with E-state index in [0.29, 0.717) is 6.54 Å². The van der Waals surface area contributed by atoms with E-state index in [1.54, 1.807) is 10.9 Å². The van der Waals surface area contributed by atoms with Crippen molar-refractivity contribution in [2.24, 2.45) is 5.92 Å². The maximum Gasteiger partial charge on any atom is 0.316 e. The fourth-order valence-electron chi connectivity index (χ4n) is 3.61. The monoisotopic (exact) mass is 375 g/mol. The van der Waals surface area contributed by atoms with Gasteiger partial charge in [-0.2, -0.15) is 0 Å². The SMILES string of the molecule is COC(=O)C1C=Cc2ccccc2N(Cc2ccccc2)C1n1ccc(O)n1. The van der Waals surface area contributed by atoms with E-state index in [1.165, 1.54) is 13.2 Å². The van der Waals surface area contributed by atoms with Crippen LogP contribution in [0.2, 0.25) is 0 Å². The van der Waals surface area contributed by atoms with Crippen molar-refractivity contribution in [3.05, 3.63) is 84.1 Å². The molecule has 0 saturated carbocycles. The number of esters is 1. The maximum atomic E-state index is 12.7. The van der Waals surface area contributed by atoms with Crippen LogP contribution in [-0.4, -0.2) is 28.0 Å². The lowest BCUT2D eigenvalue weighted by Gasteiger charge is -2.36. The molecule has 0 bridgehead atoms. The number of hydrogen-bond donors (Lipinski definition) is 1. The molecule has 6 heteroatoms. The Labute approximate surface area is 163 Å². The Morgan fingerprint density at radius 3 is 2.57 bits per heavy atom. The number of para-hydroxylation sites is 1. The zero-order chi connectivity index (χ0) is 19.5. The van der Waals surface area contributed by atoms with Gasteiger partial charge < -0.3 is 14.7 Å². The minimum Gasteiger partial charge on any atom is -0.492 e. The molecule has 1 aromatic heterocycles. The molecule has 1 aliphatic heterocycles. The van der Waals surface area contributed by atoms with Crippen molar-refractivity contribution < 1.29 is 14.6 Å². The number of hydrogen-bond acceptors (Lipinski definition) is 5. The van der Waals surface area contributed by atoms with Crippen LogP contribution in [0, 0.1) is 5.92 Å². The molecule has 2 heterocycles. The molecule has 0 spiro atoms. The minimum absolute atomic E-state index is 0.0928. The molecule has 4 rings (SSSR count). The summed E-state index contributed by atoms with van der Waals surface area (Å²) in [6.07, 6.45) is 4.97. The summed E-state index contributed by atoms with van der Waals surface area (Å²) < 4.78 is 6.70. The number of anilines is 1. The van der Waals surface area contributed by atoms with Gasteiger partial charge in [0.25, 0.3) is 0 Å². The van der Waals surface area contributed by atoms with Crippen LogP contribution < -0.4 is 4.90 Å². The van der Waals surface area contributed by atoms with Gasteiger partial charge in [0, 0.05) is 24.5 Å². The van der Waals surface area contributed by atoms with Gasteiger partial charge in [0.15, 0.2) is 0 Å². The van der Waals surface area contributed by atoms with Gasteiger partial charge in [0.05, 0.1) is 7.11 Å². The second kappa shape index (κ2) is 7.60. The molecule has 1 aliphatic rings. The topological polar surface area (TPSA) is 67.6 Å². The Kier molecular flexibility index (Phi) is 4.85. The third kappa shape index (κ3) is 3.36. The Morgan fingerprint density at radius 2 is 1.86 bits per heavy atom. The van der Waals surface area contributed by atoms with Crippen LogP contribution in [0.5, 0.6) is 5.88 Å². The van der Waals surface area contributed by atoms with E-state index >= 15 is 0 Å². The lowest BCUT2D eigenvalue weighted by atomic mass is 10.0. The normalized spacial score (nSPS) is 18.4. The molecule has 1 N–H and O–H groups in total. The fourth-order valence-corrected chi connectivity index (χ4v) is 3.61. The van der Waals surface area contributed by atoms with Gasteiger partial charge >= 0.3 is 5.97 Å². The fraction of sp³-hybridized carbons (Fsp3) is 0.182. The summed E-state index contributed by atoms with van der Waals surface area (Å²) in [5.74, 6) is -1.05. The first-order valence-corrected chi connectivity index (χ1v) is 9.07. The molecule has 0 saturated heterocycles. The van der Waals surface area contributed by atoms with Crippen molar-refractivity contribution in [2.75, 3.05) is 12.0 Å². The Morgan fingerprint density at radius 1 is 1.11 bits per heavy atom. The number of methoxy groups -OCH3 is 1. The Hall–Kier alpha value is -3.54. The van der Waals surface area contributed by atoms with E-state index in [2.05, 4.69) is 10.00 Å². The van der Waals surface area contributed by atoms with Crippen LogP contribution in [0.25, 0.3) is 6.08 Å². The quantitative estimate of drug-likeness (QED) is 0.706. The summed E-state index contributed by atoms with van der Waals surface area (Å²) in [7, 11) is 1.38. The van der Waals surface area contributed by atoms with Crippen LogP contribution in [0.1, 0.15) is 17.3 Å². The predicted octanol–water partition coefficient (Wildman–Crippen LogP) is 3.61. The number of carbonyl (C=O) groups excluding carboxylic acids is 1. The molecule has 2 atom stereocenters. The second-order valence-corrected chi connectivity index (χ2v) is 6.65. The molecule has 6 nitrogen and oxygen atoms in total. The number of fused-ring (bicyclic) bond motifs is 1. The maximum absolute atomic E-state index is 12.7. The number of aromatic hydroxyl groups is 1. The van der Waals surface area contributed by atoms with E-state index in [0.717, 1.165) is 16.8 Å². The van der Waals surface area contributed by atoms with Gasteiger partial charge in [-0.3, -0.25) is 4.79 Å². The number of carbonyl (C=O) groups is 1. The largest absolute Gasteiger partial charge is 0.492 e. The Balaban J connectivity index is 1.88. The average Bonchev–Trinajstić information content (AvgIpc) is 3.09. The van der Waals surface area contributed by atoms with Crippen LogP contribution >= 0.6 is 0 Å². The van der Waals surface area contributed by atoms with Gasteiger partial charge in [0.2, 0.25) is 5.88 Å². The summed E-state index contributed by atoms with van der Waals surface area (Å²) in [5, 5.41) is 14.0. The summed E-state index contributed by atoms with van der Waals surface area (Å²) in [6, 6.07) is 19.5. The first-order chi connectivity index (χ1) is 13.7. The highest BCUT2D eigenvalue weighted by atomic mass is 16.5. The molecule has 0 aliphatic carbocycles. The number of benzene rings is 2. The van der Waals surface area contributed by atoms with Gasteiger partial charge in [-0.25, -0.2) is 4.68 Å². The summed E-state index contributed by atoms with van der Waals surface area (Å²) in [6.45, 7) is 0.568. The zero-order valence-electron chi connectivity index (χ0n) is 15.5. The van der Waals surface area contributed by atoms with Crippen molar-refractivity contribution >= 4 is 17.7 Å². The summed E-state index contributed by atoms with van der Waals surface area (Å²) >= 11 is 0. The molecule has 2 aromatic carbocycles. The molecule has 2 unspecified atom stereocenters. The first-order valence-electron chi connectivity index (χ1n) is 9.07. The summed E-state index contributed by atoms with van der Waals surface area (Å²) in [5.41, 5.74) is 3.09. The van der Waals surface area contributed by atoms with E-state index in [1.807, 2.05) is 66.7 Å². The van der Waals surface area contributed by atoms with Gasteiger partial charge in [-0.15, -0.1) is 5.10 Å². The standard InChI is InChI=1S/C22H21N3O3/c1-28-22(27)18-12-11-17-9-5-6-10-19(17)24(15-16-7-3-2-4-8-16)21(18)25-14-13-20(26)23-25/h2-14,18,21H,15H2,1H3,(H,23,26). The number of aromatic nitrogens is 2. The van der Waals surface area contributed by atoms with Gasteiger partial charge in [0.1, 0.15) is 12.1 Å². The molecule has 0 radical (unpaired) electrons. The third-order valence-electron chi connectivity index (χ3n) is 4.90. The number of nitrogens with zero attached hydrogens (tertiary/aromatic N) is 3. The molecule has 3 aromatic rings. The Bertz CT molecular complexity index is 997. The van der Waals surface area contributed by atoms with Crippen LogP contribution in [-0.2, 0) is 16.1 Å². The molecule has 0 fully saturated rings. The minimum atomic E-state index is -0.597. The van der Waals surface area contributed by atoms with Crippen LogP contribution in [0.4, 0.5) is 5.69 Å². The van der Waals surface area contributed by atoms with Crippen molar-refractivity contribution in [2.45, 2.75) is 12.7 Å². The summed E-state index contributed by atoms with van der Waals surface area (Å²) in [4.78, 5) is 14.8. The molecule has 142 valence electrons.